The minimum atomic E-state index is -1.03. The van der Waals surface area contributed by atoms with Gasteiger partial charge in [0.25, 0.3) is 0 Å². The Hall–Kier alpha value is -1.29. The van der Waals surface area contributed by atoms with Gasteiger partial charge in [0.2, 0.25) is 0 Å². The first-order chi connectivity index (χ1) is 6.70. The number of carboxylic acids is 1. The van der Waals surface area contributed by atoms with Crippen molar-refractivity contribution in [2.24, 2.45) is 0 Å². The summed E-state index contributed by atoms with van der Waals surface area (Å²) in [6.45, 7) is 0. The monoisotopic (exact) mass is 212 g/mol. The molecule has 0 saturated heterocycles. The molecule has 1 aliphatic rings. The molecule has 0 unspecified atom stereocenters. The number of imidazole rings is 1. The second-order valence-electron chi connectivity index (χ2n) is 3.19. The number of carbonyl (C=O) groups is 1. The van der Waals surface area contributed by atoms with Crippen LogP contribution in [0.15, 0.2) is 18.5 Å². The van der Waals surface area contributed by atoms with Gasteiger partial charge in [-0.2, -0.15) is 0 Å². The van der Waals surface area contributed by atoms with Crippen LogP contribution in [0.2, 0.25) is 5.15 Å². The fraction of sp³-hybridized carbons (Fsp3) is 0.333. The Morgan fingerprint density at radius 3 is 2.79 bits per heavy atom. The number of halogens is 1. The Bertz CT molecular complexity index is 390. The summed E-state index contributed by atoms with van der Waals surface area (Å²) in [7, 11) is 0. The summed E-state index contributed by atoms with van der Waals surface area (Å²) in [6, 6.07) is 0.154. The Morgan fingerprint density at radius 1 is 1.57 bits per heavy atom. The molecule has 1 aromatic heterocycles. The molecular weight excluding hydrogens is 204 g/mol. The molecule has 0 aliphatic heterocycles. The highest BCUT2D eigenvalue weighted by Crippen LogP contribution is 2.27. The summed E-state index contributed by atoms with van der Waals surface area (Å²) >= 11 is 5.69. The van der Waals surface area contributed by atoms with Crippen LogP contribution in [-0.4, -0.2) is 20.6 Å². The molecule has 1 aliphatic carbocycles. The van der Waals surface area contributed by atoms with Crippen LogP contribution in [0.3, 0.4) is 0 Å². The van der Waals surface area contributed by atoms with E-state index in [1.54, 1.807) is 4.57 Å². The molecule has 14 heavy (non-hydrogen) atoms. The zero-order valence-electron chi connectivity index (χ0n) is 7.35. The lowest BCUT2D eigenvalue weighted by atomic mass is 10.2. The molecule has 0 aromatic carbocycles. The molecule has 1 heterocycles. The van der Waals surface area contributed by atoms with Gasteiger partial charge in [0.05, 0.1) is 6.33 Å². The molecule has 74 valence electrons. The summed E-state index contributed by atoms with van der Waals surface area (Å²) in [5, 5.41) is 8.99. The van der Waals surface area contributed by atoms with Crippen LogP contribution in [0.5, 0.6) is 0 Å². The molecule has 4 nitrogen and oxygen atoms in total. The quantitative estimate of drug-likeness (QED) is 0.764. The van der Waals surface area contributed by atoms with Gasteiger partial charge in [0.1, 0.15) is 0 Å². The molecule has 1 aromatic rings. The lowest BCUT2D eigenvalue weighted by Crippen LogP contribution is -2.12. The molecular formula is C9H9ClN2O2. The Labute approximate surface area is 85.8 Å². The van der Waals surface area contributed by atoms with Crippen molar-refractivity contribution in [2.75, 3.05) is 0 Å². The molecule has 5 heteroatoms. The van der Waals surface area contributed by atoms with Crippen molar-refractivity contribution < 1.29 is 9.90 Å². The fourth-order valence-electron chi connectivity index (χ4n) is 1.64. The average Bonchev–Trinajstić information content (AvgIpc) is 2.70. The van der Waals surface area contributed by atoms with E-state index in [4.69, 9.17) is 16.7 Å². The van der Waals surface area contributed by atoms with Crippen LogP contribution in [0.1, 0.15) is 29.4 Å². The predicted molar refractivity (Wildman–Crippen MR) is 51.6 cm³/mol. The smallest absolute Gasteiger partial charge is 0.355 e. The first-order valence-corrected chi connectivity index (χ1v) is 4.68. The van der Waals surface area contributed by atoms with E-state index in [-0.39, 0.29) is 16.9 Å². The van der Waals surface area contributed by atoms with Crippen molar-refractivity contribution in [1.29, 1.82) is 0 Å². The topological polar surface area (TPSA) is 55.1 Å². The van der Waals surface area contributed by atoms with Gasteiger partial charge in [0, 0.05) is 6.04 Å². The predicted octanol–water partition coefficient (Wildman–Crippen LogP) is 2.13. The average molecular weight is 213 g/mol. The first kappa shape index (κ1) is 9.27. The van der Waals surface area contributed by atoms with E-state index in [9.17, 15) is 4.79 Å². The second kappa shape index (κ2) is 3.46. The number of rotatable bonds is 2. The molecule has 0 radical (unpaired) electrons. The minimum Gasteiger partial charge on any atom is -0.476 e. The van der Waals surface area contributed by atoms with Crippen LogP contribution in [0, 0.1) is 0 Å². The Kier molecular flexibility index (Phi) is 2.29. The molecule has 0 fully saturated rings. The van der Waals surface area contributed by atoms with Crippen molar-refractivity contribution in [1.82, 2.24) is 9.55 Å². The number of allylic oxidation sites excluding steroid dienone is 2. The molecule has 2 rings (SSSR count). The fourth-order valence-corrected chi connectivity index (χ4v) is 1.87. The van der Waals surface area contributed by atoms with Crippen molar-refractivity contribution in [3.05, 3.63) is 29.3 Å². The minimum absolute atomic E-state index is 0.0596. The van der Waals surface area contributed by atoms with Crippen LogP contribution in [-0.2, 0) is 0 Å². The summed E-state index contributed by atoms with van der Waals surface area (Å²) in [5.74, 6) is -1.03. The van der Waals surface area contributed by atoms with Crippen molar-refractivity contribution in [3.63, 3.8) is 0 Å². The first-order valence-electron chi connectivity index (χ1n) is 4.30. The van der Waals surface area contributed by atoms with E-state index < -0.39 is 5.97 Å². The highest BCUT2D eigenvalue weighted by molar-refractivity contribution is 6.32. The number of aromatic nitrogens is 2. The highest BCUT2D eigenvalue weighted by Gasteiger charge is 2.22. The number of carboxylic acid groups (broad SMARTS) is 1. The SMILES string of the molecule is O=C(O)c1c(Cl)ncn1C1CC=CC1. The van der Waals surface area contributed by atoms with Gasteiger partial charge in [-0.25, -0.2) is 9.78 Å². The third-order valence-corrected chi connectivity index (χ3v) is 2.60. The normalized spacial score (nSPS) is 16.4. The standard InChI is InChI=1S/C9H9ClN2O2/c10-8-7(9(13)14)12(5-11-8)6-3-1-2-4-6/h1-2,5-6H,3-4H2,(H,13,14). The molecule has 0 amide bonds. The van der Waals surface area contributed by atoms with Crippen LogP contribution in [0.25, 0.3) is 0 Å². The lowest BCUT2D eigenvalue weighted by Gasteiger charge is -2.12. The van der Waals surface area contributed by atoms with E-state index in [0.717, 1.165) is 12.8 Å². The van der Waals surface area contributed by atoms with Gasteiger partial charge < -0.3 is 9.67 Å². The van der Waals surface area contributed by atoms with E-state index in [0.29, 0.717) is 0 Å². The third-order valence-electron chi connectivity index (χ3n) is 2.33. The summed E-state index contributed by atoms with van der Waals surface area (Å²) in [6.07, 6.45) is 7.23. The zero-order chi connectivity index (χ0) is 10.1. The van der Waals surface area contributed by atoms with Crippen molar-refractivity contribution in [2.45, 2.75) is 18.9 Å². The molecule has 1 N–H and O–H groups in total. The number of nitrogens with zero attached hydrogens (tertiary/aromatic N) is 2. The van der Waals surface area contributed by atoms with Gasteiger partial charge in [-0.1, -0.05) is 23.8 Å². The lowest BCUT2D eigenvalue weighted by molar-refractivity contribution is 0.0683. The van der Waals surface area contributed by atoms with E-state index >= 15 is 0 Å². The highest BCUT2D eigenvalue weighted by atomic mass is 35.5. The van der Waals surface area contributed by atoms with Gasteiger partial charge in [-0.3, -0.25) is 0 Å². The summed E-state index contributed by atoms with van der Waals surface area (Å²) in [4.78, 5) is 14.7. The Balaban J connectivity index is 2.37. The third kappa shape index (κ3) is 1.42. The number of aromatic carboxylic acids is 1. The zero-order valence-corrected chi connectivity index (χ0v) is 8.11. The van der Waals surface area contributed by atoms with Gasteiger partial charge in [0.15, 0.2) is 10.8 Å². The number of hydrogen-bond acceptors (Lipinski definition) is 2. The van der Waals surface area contributed by atoms with E-state index in [2.05, 4.69) is 4.98 Å². The van der Waals surface area contributed by atoms with E-state index in [1.165, 1.54) is 6.33 Å². The molecule has 0 bridgehead atoms. The van der Waals surface area contributed by atoms with Crippen molar-refractivity contribution in [3.8, 4) is 0 Å². The molecule has 0 saturated carbocycles. The van der Waals surface area contributed by atoms with Gasteiger partial charge in [-0.15, -0.1) is 0 Å². The van der Waals surface area contributed by atoms with Crippen LogP contribution >= 0.6 is 11.6 Å². The van der Waals surface area contributed by atoms with E-state index in [1.807, 2.05) is 12.2 Å². The summed E-state index contributed by atoms with van der Waals surface area (Å²) < 4.78 is 1.63. The van der Waals surface area contributed by atoms with Gasteiger partial charge in [-0.05, 0) is 12.8 Å². The van der Waals surface area contributed by atoms with Gasteiger partial charge >= 0.3 is 5.97 Å². The Morgan fingerprint density at radius 2 is 2.21 bits per heavy atom. The largest absolute Gasteiger partial charge is 0.476 e. The maximum atomic E-state index is 10.9. The maximum Gasteiger partial charge on any atom is 0.355 e. The number of hydrogen-bond donors (Lipinski definition) is 1. The molecule has 0 atom stereocenters. The maximum absolute atomic E-state index is 10.9. The van der Waals surface area contributed by atoms with Crippen molar-refractivity contribution >= 4 is 17.6 Å². The van der Waals surface area contributed by atoms with Crippen LogP contribution < -0.4 is 0 Å². The summed E-state index contributed by atoms with van der Waals surface area (Å²) in [5.41, 5.74) is 0.0837. The molecule has 0 spiro atoms. The van der Waals surface area contributed by atoms with Crippen LogP contribution in [0.4, 0.5) is 0 Å². The second-order valence-corrected chi connectivity index (χ2v) is 3.55.